The van der Waals surface area contributed by atoms with Crippen LogP contribution in [0.15, 0.2) is 0 Å². The van der Waals surface area contributed by atoms with Gasteiger partial charge in [0.2, 0.25) is 0 Å². The largest absolute Gasteiger partial charge is 1.00 e. The minimum atomic E-state index is -3.96. The topological polar surface area (TPSA) is 0 Å². The standard InChI is InChI=1S/C3H5F3.ClH/c1-2-3(4,5)6;/h2H2,1H3;1H/p-1. The Morgan fingerprint density at radius 3 is 1.43 bits per heavy atom. The highest BCUT2D eigenvalue weighted by molar-refractivity contribution is 4.39. The fourth-order valence-corrected chi connectivity index (χ4v) is 0. The Morgan fingerprint density at radius 2 is 1.43 bits per heavy atom. The zero-order chi connectivity index (χ0) is 5.21. The van der Waals surface area contributed by atoms with Crippen molar-refractivity contribution in [3.05, 3.63) is 0 Å². The highest BCUT2D eigenvalue weighted by Gasteiger charge is 2.22. The zero-order valence-corrected chi connectivity index (χ0v) is 4.47. The molecule has 0 amide bonds. The molecule has 0 heterocycles. The quantitative estimate of drug-likeness (QED) is 0.396. The Hall–Kier alpha value is 0.0800. The second kappa shape index (κ2) is 3.13. The van der Waals surface area contributed by atoms with Gasteiger partial charge in [-0.05, 0) is 0 Å². The van der Waals surface area contributed by atoms with Gasteiger partial charge in [-0.15, -0.1) is 0 Å². The lowest BCUT2D eigenvalue weighted by molar-refractivity contribution is -0.130. The number of rotatable bonds is 0. The first-order chi connectivity index (χ1) is 2.56. The summed E-state index contributed by atoms with van der Waals surface area (Å²) in [5.74, 6) is 0. The van der Waals surface area contributed by atoms with Gasteiger partial charge >= 0.3 is 6.18 Å². The van der Waals surface area contributed by atoms with Crippen molar-refractivity contribution in [1.29, 1.82) is 0 Å². The molecule has 0 aliphatic heterocycles. The third-order valence-corrected chi connectivity index (χ3v) is 0.401. The van der Waals surface area contributed by atoms with Crippen molar-refractivity contribution in [2.45, 2.75) is 19.5 Å². The number of alkyl halides is 3. The monoisotopic (exact) mass is 133 g/mol. The molecular weight excluding hydrogens is 128 g/mol. The summed E-state index contributed by atoms with van der Waals surface area (Å²) < 4.78 is 32.4. The van der Waals surface area contributed by atoms with Crippen molar-refractivity contribution in [2.24, 2.45) is 0 Å². The first kappa shape index (κ1) is 10.1. The summed E-state index contributed by atoms with van der Waals surface area (Å²) >= 11 is 0. The predicted molar refractivity (Wildman–Crippen MR) is 16.3 cm³/mol. The second-order valence-electron chi connectivity index (χ2n) is 0.969. The van der Waals surface area contributed by atoms with E-state index in [1.165, 1.54) is 0 Å². The fraction of sp³-hybridized carbons (Fsp3) is 1.00. The van der Waals surface area contributed by atoms with Gasteiger partial charge in [0.15, 0.2) is 0 Å². The van der Waals surface area contributed by atoms with E-state index >= 15 is 0 Å². The lowest BCUT2D eigenvalue weighted by atomic mass is 10.5. The molecule has 0 saturated heterocycles. The molecule has 0 saturated carbocycles. The maximum Gasteiger partial charge on any atom is 0.388 e. The van der Waals surface area contributed by atoms with Gasteiger partial charge in [0, 0.05) is 6.42 Å². The fourth-order valence-electron chi connectivity index (χ4n) is 0. The van der Waals surface area contributed by atoms with Gasteiger partial charge in [0.1, 0.15) is 0 Å². The average Bonchev–Trinajstić information content (AvgIpc) is 1.35. The minimum Gasteiger partial charge on any atom is -1.00 e. The van der Waals surface area contributed by atoms with Crippen LogP contribution in [0.3, 0.4) is 0 Å². The van der Waals surface area contributed by atoms with Crippen LogP contribution in [0.1, 0.15) is 13.3 Å². The van der Waals surface area contributed by atoms with Crippen LogP contribution >= 0.6 is 0 Å². The summed E-state index contributed by atoms with van der Waals surface area (Å²) in [6.45, 7) is 1.08. The molecule has 0 aromatic rings. The highest BCUT2D eigenvalue weighted by atomic mass is 35.5. The molecule has 0 radical (unpaired) electrons. The highest BCUT2D eigenvalue weighted by Crippen LogP contribution is 2.17. The molecule has 0 atom stereocenters. The molecule has 0 N–H and O–H groups in total. The molecule has 0 spiro atoms. The van der Waals surface area contributed by atoms with Crippen molar-refractivity contribution < 1.29 is 25.6 Å². The Balaban J connectivity index is 0. The Labute approximate surface area is 46.1 Å². The van der Waals surface area contributed by atoms with E-state index in [1.807, 2.05) is 0 Å². The van der Waals surface area contributed by atoms with Crippen LogP contribution in [0.4, 0.5) is 13.2 Å². The van der Waals surface area contributed by atoms with Crippen LogP contribution in [0, 0.1) is 0 Å². The van der Waals surface area contributed by atoms with Crippen molar-refractivity contribution >= 4 is 0 Å². The van der Waals surface area contributed by atoms with Crippen LogP contribution in [0.5, 0.6) is 0 Å². The average molecular weight is 134 g/mol. The van der Waals surface area contributed by atoms with Crippen molar-refractivity contribution in [2.75, 3.05) is 0 Å². The maximum absolute atomic E-state index is 10.8. The summed E-state index contributed by atoms with van der Waals surface area (Å²) in [7, 11) is 0. The number of hydrogen-bond donors (Lipinski definition) is 0. The molecule has 0 nitrogen and oxygen atoms in total. The first-order valence-corrected chi connectivity index (χ1v) is 1.63. The summed E-state index contributed by atoms with van der Waals surface area (Å²) in [5, 5.41) is 0. The minimum absolute atomic E-state index is 0. The molecule has 0 aliphatic carbocycles. The molecule has 0 fully saturated rings. The number of hydrogen-bond acceptors (Lipinski definition) is 0. The third-order valence-electron chi connectivity index (χ3n) is 0.401. The molecule has 0 bridgehead atoms. The maximum atomic E-state index is 10.8. The van der Waals surface area contributed by atoms with Crippen molar-refractivity contribution in [1.82, 2.24) is 0 Å². The van der Waals surface area contributed by atoms with Gasteiger partial charge in [-0.3, -0.25) is 0 Å². The SMILES string of the molecule is CCC(F)(F)F.[Cl-]. The van der Waals surface area contributed by atoms with Crippen molar-refractivity contribution in [3.8, 4) is 0 Å². The Bertz CT molecular complexity index is 39.9. The van der Waals surface area contributed by atoms with Crippen LogP contribution in [0.25, 0.3) is 0 Å². The lowest BCUT2D eigenvalue weighted by Crippen LogP contribution is -3.00. The van der Waals surface area contributed by atoms with Crippen molar-refractivity contribution in [3.63, 3.8) is 0 Å². The van der Waals surface area contributed by atoms with E-state index < -0.39 is 12.6 Å². The summed E-state index contributed by atoms with van der Waals surface area (Å²) in [6, 6.07) is 0. The molecule has 0 aromatic heterocycles. The third kappa shape index (κ3) is 10.7. The van der Waals surface area contributed by atoms with Gasteiger partial charge in [-0.25, -0.2) is 0 Å². The van der Waals surface area contributed by atoms with Gasteiger partial charge in [-0.1, -0.05) is 6.92 Å². The van der Waals surface area contributed by atoms with Crippen LogP contribution in [0.2, 0.25) is 0 Å². The normalized spacial score (nSPS) is 10.3. The lowest BCUT2D eigenvalue weighted by Gasteiger charge is -1.96. The summed E-state index contributed by atoms with van der Waals surface area (Å²) in [6.07, 6.45) is -4.69. The summed E-state index contributed by atoms with van der Waals surface area (Å²) in [5.41, 5.74) is 0. The molecular formula is C3H5ClF3-. The van der Waals surface area contributed by atoms with E-state index in [-0.39, 0.29) is 12.4 Å². The molecule has 0 aromatic carbocycles. The van der Waals surface area contributed by atoms with E-state index in [0.29, 0.717) is 0 Å². The predicted octanol–water partition coefficient (Wildman–Crippen LogP) is -1.04. The van der Waals surface area contributed by atoms with E-state index in [2.05, 4.69) is 0 Å². The van der Waals surface area contributed by atoms with E-state index in [9.17, 15) is 13.2 Å². The first-order valence-electron chi connectivity index (χ1n) is 1.63. The van der Waals surface area contributed by atoms with Crippen LogP contribution in [-0.2, 0) is 0 Å². The van der Waals surface area contributed by atoms with E-state index in [4.69, 9.17) is 0 Å². The molecule has 0 unspecified atom stereocenters. The Kier molecular flexibility index (Phi) is 4.54. The van der Waals surface area contributed by atoms with E-state index in [0.717, 1.165) is 6.92 Å². The number of halogens is 4. The smallest absolute Gasteiger partial charge is 0.388 e. The van der Waals surface area contributed by atoms with Gasteiger partial charge in [-0.2, -0.15) is 13.2 Å². The molecule has 0 rings (SSSR count). The van der Waals surface area contributed by atoms with Gasteiger partial charge < -0.3 is 12.4 Å². The molecule has 7 heavy (non-hydrogen) atoms. The van der Waals surface area contributed by atoms with Gasteiger partial charge in [0.05, 0.1) is 0 Å². The second-order valence-corrected chi connectivity index (χ2v) is 0.969. The zero-order valence-electron chi connectivity index (χ0n) is 3.72. The molecule has 0 aliphatic rings. The molecule has 4 heteroatoms. The molecule has 46 valence electrons. The van der Waals surface area contributed by atoms with Gasteiger partial charge in [0.25, 0.3) is 0 Å². The van der Waals surface area contributed by atoms with Crippen LogP contribution in [-0.4, -0.2) is 6.18 Å². The van der Waals surface area contributed by atoms with Crippen LogP contribution < -0.4 is 12.4 Å². The van der Waals surface area contributed by atoms with E-state index in [1.54, 1.807) is 0 Å². The summed E-state index contributed by atoms with van der Waals surface area (Å²) in [4.78, 5) is 0. The Morgan fingerprint density at radius 1 is 1.29 bits per heavy atom.